The van der Waals surface area contributed by atoms with Crippen molar-refractivity contribution in [2.75, 3.05) is 19.1 Å². The summed E-state index contributed by atoms with van der Waals surface area (Å²) in [6, 6.07) is 17.2. The average molecular weight is 450 g/mol. The van der Waals surface area contributed by atoms with Crippen LogP contribution >= 0.6 is 0 Å². The summed E-state index contributed by atoms with van der Waals surface area (Å²) in [7, 11) is -1.08. The monoisotopic (exact) mass is 449 g/mol. The molecule has 0 amide bonds. The first-order valence-electron chi connectivity index (χ1n) is 9.96. The minimum Gasteiger partial charge on any atom is -0.493 e. The molecule has 1 aliphatic rings. The quantitative estimate of drug-likeness (QED) is 0.512. The van der Waals surface area contributed by atoms with Crippen LogP contribution in [0.25, 0.3) is 0 Å². The van der Waals surface area contributed by atoms with Crippen molar-refractivity contribution in [3.63, 3.8) is 0 Å². The second kappa shape index (κ2) is 8.16. The second-order valence-corrected chi connectivity index (χ2v) is 9.47. The molecule has 0 saturated heterocycles. The lowest BCUT2D eigenvalue weighted by molar-refractivity contribution is 0.104. The molecule has 0 aromatic heterocycles. The van der Waals surface area contributed by atoms with Crippen molar-refractivity contribution >= 4 is 27.0 Å². The topological polar surface area (TPSA) is 72.9 Å². The van der Waals surface area contributed by atoms with Gasteiger partial charge in [-0.3, -0.25) is 4.79 Å². The van der Waals surface area contributed by atoms with Crippen LogP contribution in [-0.4, -0.2) is 28.4 Å². The molecule has 0 N–H and O–H groups in total. The van der Waals surface area contributed by atoms with Gasteiger partial charge in [-0.05, 0) is 67.4 Å². The van der Waals surface area contributed by atoms with Crippen LogP contribution < -0.4 is 14.4 Å². The second-order valence-electron chi connectivity index (χ2n) is 7.58. The molecule has 3 aromatic rings. The van der Waals surface area contributed by atoms with E-state index in [1.807, 2.05) is 32.0 Å². The van der Waals surface area contributed by atoms with Crippen LogP contribution in [0.3, 0.4) is 0 Å². The molecule has 0 fully saturated rings. The van der Waals surface area contributed by atoms with E-state index in [4.69, 9.17) is 9.47 Å². The van der Waals surface area contributed by atoms with Gasteiger partial charge < -0.3 is 14.4 Å². The van der Waals surface area contributed by atoms with Crippen molar-refractivity contribution in [2.24, 2.45) is 0 Å². The van der Waals surface area contributed by atoms with Crippen molar-refractivity contribution in [2.45, 2.75) is 18.7 Å². The SMILES string of the molecule is COc1ccc(C(=O)C2=CN(c3cc(C)cc(C)c3)c3ccccc3S2(=O)=O)cc1OC. The Bertz CT molecular complexity index is 1340. The molecule has 0 spiro atoms. The standard InChI is InChI=1S/C25H23NO5S/c1-16-11-17(2)13-19(12-16)26-15-24(32(28,29)23-8-6-5-7-20(23)26)25(27)18-9-10-21(30-3)22(14-18)31-4/h5-15H,1-4H3. The predicted octanol–water partition coefficient (Wildman–Crippen LogP) is 4.97. The number of Topliss-reactive ketones (excluding diaryl/α,β-unsaturated/α-hetero) is 1. The van der Waals surface area contributed by atoms with E-state index in [1.54, 1.807) is 29.2 Å². The number of sulfone groups is 1. The van der Waals surface area contributed by atoms with Crippen LogP contribution in [0.1, 0.15) is 21.5 Å². The van der Waals surface area contributed by atoms with Crippen LogP contribution in [0.5, 0.6) is 11.5 Å². The zero-order chi connectivity index (χ0) is 23.0. The Labute approximate surface area is 187 Å². The highest BCUT2D eigenvalue weighted by molar-refractivity contribution is 7.96. The van der Waals surface area contributed by atoms with Gasteiger partial charge in [0, 0.05) is 17.5 Å². The summed E-state index contributed by atoms with van der Waals surface area (Å²) >= 11 is 0. The number of benzene rings is 3. The highest BCUT2D eigenvalue weighted by Gasteiger charge is 2.36. The number of carbonyl (C=O) groups is 1. The summed E-state index contributed by atoms with van der Waals surface area (Å²) in [5, 5.41) is 0. The molecule has 7 heteroatoms. The number of methoxy groups -OCH3 is 2. The van der Waals surface area contributed by atoms with Gasteiger partial charge in [-0.2, -0.15) is 0 Å². The van der Waals surface area contributed by atoms with Crippen molar-refractivity contribution < 1.29 is 22.7 Å². The Hall–Kier alpha value is -3.58. The van der Waals surface area contributed by atoms with E-state index in [1.165, 1.54) is 38.6 Å². The van der Waals surface area contributed by atoms with Crippen LogP contribution in [0.4, 0.5) is 11.4 Å². The lowest BCUT2D eigenvalue weighted by atomic mass is 10.1. The molecule has 0 aliphatic carbocycles. The van der Waals surface area contributed by atoms with Gasteiger partial charge in [0.15, 0.2) is 11.5 Å². The van der Waals surface area contributed by atoms with E-state index in [-0.39, 0.29) is 15.4 Å². The summed E-state index contributed by atoms with van der Waals surface area (Å²) < 4.78 is 37.4. The Balaban J connectivity index is 1.91. The number of carbonyl (C=O) groups excluding carboxylic acids is 1. The average Bonchev–Trinajstić information content (AvgIpc) is 2.77. The van der Waals surface area contributed by atoms with E-state index in [2.05, 4.69) is 0 Å². The third-order valence-electron chi connectivity index (χ3n) is 5.30. The highest BCUT2D eigenvalue weighted by Crippen LogP contribution is 2.41. The molecule has 6 nitrogen and oxygen atoms in total. The lowest BCUT2D eigenvalue weighted by Crippen LogP contribution is -2.25. The van der Waals surface area contributed by atoms with E-state index in [0.29, 0.717) is 17.2 Å². The number of rotatable bonds is 5. The number of fused-ring (bicyclic) bond motifs is 1. The summed E-state index contributed by atoms with van der Waals surface area (Å²) in [6.07, 6.45) is 1.41. The molecule has 1 aliphatic heterocycles. The van der Waals surface area contributed by atoms with E-state index in [9.17, 15) is 13.2 Å². The number of aryl methyl sites for hydroxylation is 2. The first-order valence-corrected chi connectivity index (χ1v) is 11.4. The fourth-order valence-corrected chi connectivity index (χ4v) is 5.40. The van der Waals surface area contributed by atoms with Gasteiger partial charge in [0.05, 0.1) is 24.8 Å². The number of hydrogen-bond acceptors (Lipinski definition) is 6. The minimum absolute atomic E-state index is 0.0884. The predicted molar refractivity (Wildman–Crippen MR) is 124 cm³/mol. The Morgan fingerprint density at radius 1 is 0.844 bits per heavy atom. The maximum atomic E-state index is 13.4. The highest BCUT2D eigenvalue weighted by atomic mass is 32.2. The molecular weight excluding hydrogens is 426 g/mol. The molecule has 0 atom stereocenters. The molecule has 164 valence electrons. The van der Waals surface area contributed by atoms with Crippen molar-refractivity contribution in [3.8, 4) is 11.5 Å². The Morgan fingerprint density at radius 2 is 1.50 bits per heavy atom. The number of hydrogen-bond donors (Lipinski definition) is 0. The molecule has 3 aromatic carbocycles. The summed E-state index contributed by atoms with van der Waals surface area (Å²) in [5.74, 6) is 0.181. The largest absolute Gasteiger partial charge is 0.493 e. The summed E-state index contributed by atoms with van der Waals surface area (Å²) in [4.78, 5) is 15.0. The molecule has 0 bridgehead atoms. The van der Waals surface area contributed by atoms with Crippen molar-refractivity contribution in [1.82, 2.24) is 0 Å². The number of ketones is 1. The van der Waals surface area contributed by atoms with E-state index < -0.39 is 15.6 Å². The molecule has 0 radical (unpaired) electrons. The van der Waals surface area contributed by atoms with E-state index >= 15 is 0 Å². The number of anilines is 2. The van der Waals surface area contributed by atoms with Crippen LogP contribution in [0.15, 0.2) is 76.7 Å². The molecule has 0 unspecified atom stereocenters. The molecular formula is C25H23NO5S. The smallest absolute Gasteiger partial charge is 0.214 e. The summed E-state index contributed by atoms with van der Waals surface area (Å²) in [5.41, 5.74) is 3.54. The van der Waals surface area contributed by atoms with Gasteiger partial charge in [0.25, 0.3) is 0 Å². The third kappa shape index (κ3) is 3.65. The van der Waals surface area contributed by atoms with Crippen LogP contribution in [0.2, 0.25) is 0 Å². The number of allylic oxidation sites excluding steroid dienone is 1. The third-order valence-corrected chi connectivity index (χ3v) is 7.10. The van der Waals surface area contributed by atoms with Gasteiger partial charge in [0.1, 0.15) is 4.91 Å². The molecule has 1 heterocycles. The van der Waals surface area contributed by atoms with Gasteiger partial charge in [0.2, 0.25) is 15.6 Å². The molecule has 32 heavy (non-hydrogen) atoms. The normalized spacial score (nSPS) is 14.4. The number of nitrogens with zero attached hydrogens (tertiary/aromatic N) is 1. The molecule has 4 rings (SSSR count). The zero-order valence-electron chi connectivity index (χ0n) is 18.2. The van der Waals surface area contributed by atoms with Crippen molar-refractivity contribution in [3.05, 3.63) is 88.5 Å². The van der Waals surface area contributed by atoms with Gasteiger partial charge in [-0.15, -0.1) is 0 Å². The first-order chi connectivity index (χ1) is 15.3. The van der Waals surface area contributed by atoms with E-state index in [0.717, 1.165) is 16.8 Å². The minimum atomic E-state index is -4.03. The van der Waals surface area contributed by atoms with Gasteiger partial charge in [-0.25, -0.2) is 8.42 Å². The maximum absolute atomic E-state index is 13.4. The summed E-state index contributed by atoms with van der Waals surface area (Å²) in [6.45, 7) is 3.95. The Morgan fingerprint density at radius 3 is 2.16 bits per heavy atom. The lowest BCUT2D eigenvalue weighted by Gasteiger charge is -2.29. The van der Waals surface area contributed by atoms with Crippen LogP contribution in [-0.2, 0) is 9.84 Å². The number of para-hydroxylation sites is 1. The zero-order valence-corrected chi connectivity index (χ0v) is 19.1. The first kappa shape index (κ1) is 21.6. The Kier molecular flexibility index (Phi) is 5.52. The van der Waals surface area contributed by atoms with Crippen LogP contribution in [0, 0.1) is 13.8 Å². The maximum Gasteiger partial charge on any atom is 0.214 e. The van der Waals surface area contributed by atoms with Gasteiger partial charge in [-0.1, -0.05) is 18.2 Å². The van der Waals surface area contributed by atoms with Gasteiger partial charge >= 0.3 is 0 Å². The van der Waals surface area contributed by atoms with Crippen molar-refractivity contribution in [1.29, 1.82) is 0 Å². The molecule has 0 saturated carbocycles. The fourth-order valence-electron chi connectivity index (χ4n) is 3.86. The number of ether oxygens (including phenoxy) is 2. The fraction of sp³-hybridized carbons (Fsp3) is 0.160.